The van der Waals surface area contributed by atoms with Crippen LogP contribution < -0.4 is 0 Å². The van der Waals surface area contributed by atoms with Crippen molar-refractivity contribution in [1.29, 1.82) is 0 Å². The van der Waals surface area contributed by atoms with Crippen molar-refractivity contribution in [2.24, 2.45) is 0 Å². The molecule has 0 heterocycles. The van der Waals surface area contributed by atoms with Crippen LogP contribution in [-0.4, -0.2) is 22.2 Å². The molecule has 2 rings (SSSR count). The molecule has 6 heteroatoms. The molecule has 0 aliphatic carbocycles. The van der Waals surface area contributed by atoms with Gasteiger partial charge < -0.3 is 10.2 Å². The van der Waals surface area contributed by atoms with Crippen molar-refractivity contribution >= 4 is 36.8 Å². The van der Waals surface area contributed by atoms with Gasteiger partial charge in [-0.3, -0.25) is 0 Å². The molecule has 2 N–H and O–H groups in total. The summed E-state index contributed by atoms with van der Waals surface area (Å²) >= 11 is 0. The van der Waals surface area contributed by atoms with Crippen LogP contribution in [0.2, 0.25) is 0 Å². The first-order chi connectivity index (χ1) is 8.58. The van der Waals surface area contributed by atoms with Gasteiger partial charge in [-0.1, -0.05) is 30.3 Å². The number of benzene rings is 2. The Morgan fingerprint density at radius 2 is 1.15 bits per heavy atom. The van der Waals surface area contributed by atoms with Crippen molar-refractivity contribution in [1.82, 2.24) is 0 Å². The lowest BCUT2D eigenvalue weighted by Gasteiger charge is -2.05. The first-order valence-corrected chi connectivity index (χ1v) is 5.25. The van der Waals surface area contributed by atoms with E-state index in [9.17, 15) is 9.59 Å². The first-order valence-electron chi connectivity index (χ1n) is 5.25. The summed E-state index contributed by atoms with van der Waals surface area (Å²) in [6, 6.07) is 13.1. The number of carboxylic acids is 2. The number of aromatic carboxylic acids is 2. The molecule has 2 aromatic carbocycles. The van der Waals surface area contributed by atoms with Gasteiger partial charge in [0, 0.05) is 0 Å². The van der Waals surface area contributed by atoms with E-state index in [2.05, 4.69) is 0 Å². The zero-order valence-electron chi connectivity index (χ0n) is 10.1. The second-order valence-electron chi connectivity index (χ2n) is 3.78. The summed E-state index contributed by atoms with van der Waals surface area (Å²) in [5.41, 5.74) is 1.29. The summed E-state index contributed by atoms with van der Waals surface area (Å²) in [6.45, 7) is 0. The molecule has 0 unspecified atom stereocenters. The van der Waals surface area contributed by atoms with Gasteiger partial charge in [-0.2, -0.15) is 0 Å². The van der Waals surface area contributed by atoms with E-state index >= 15 is 0 Å². The van der Waals surface area contributed by atoms with Crippen molar-refractivity contribution in [3.8, 4) is 11.1 Å². The van der Waals surface area contributed by atoms with Crippen LogP contribution in [-0.2, 0) is 0 Å². The maximum absolute atomic E-state index is 11.0. The van der Waals surface area contributed by atoms with Gasteiger partial charge >= 0.3 is 11.9 Å². The number of carboxylic acid groups (broad SMARTS) is 2. The van der Waals surface area contributed by atoms with E-state index in [-0.39, 0.29) is 35.9 Å². The number of rotatable bonds is 3. The van der Waals surface area contributed by atoms with Gasteiger partial charge in [0.25, 0.3) is 0 Å². The average Bonchev–Trinajstić information content (AvgIpc) is 2.39. The Kier molecular flexibility index (Phi) is 6.76. The molecule has 0 atom stereocenters. The third kappa shape index (κ3) is 3.98. The van der Waals surface area contributed by atoms with E-state index in [1.54, 1.807) is 12.1 Å². The molecule has 0 bridgehead atoms. The molecule has 0 saturated carbocycles. The van der Waals surface area contributed by atoms with Crippen LogP contribution in [0, 0.1) is 0 Å². The van der Waals surface area contributed by atoms with Gasteiger partial charge in [0.1, 0.15) is 0 Å². The van der Waals surface area contributed by atoms with Crippen molar-refractivity contribution in [3.63, 3.8) is 0 Å². The van der Waals surface area contributed by atoms with Gasteiger partial charge in [0.2, 0.25) is 0 Å². The third-order valence-electron chi connectivity index (χ3n) is 2.53. The molecule has 0 aliphatic rings. The van der Waals surface area contributed by atoms with Crippen LogP contribution >= 0.6 is 24.8 Å². The molecule has 2 aromatic rings. The quantitative estimate of drug-likeness (QED) is 0.907. The molecule has 0 aliphatic heterocycles. The predicted octanol–water partition coefficient (Wildman–Crippen LogP) is 3.59. The number of halogens is 2. The van der Waals surface area contributed by atoms with Crippen LogP contribution in [0.25, 0.3) is 11.1 Å². The third-order valence-corrected chi connectivity index (χ3v) is 2.53. The molecule has 0 spiro atoms. The highest BCUT2D eigenvalue weighted by molar-refractivity contribution is 5.96. The van der Waals surface area contributed by atoms with Crippen molar-refractivity contribution in [2.45, 2.75) is 0 Å². The Morgan fingerprint density at radius 3 is 1.55 bits per heavy atom. The fourth-order valence-corrected chi connectivity index (χ4v) is 1.67. The second-order valence-corrected chi connectivity index (χ2v) is 3.78. The van der Waals surface area contributed by atoms with E-state index in [1.807, 2.05) is 18.2 Å². The SMILES string of the molecule is Cl.Cl.O=C(O)c1cc(C(=O)O)cc(-c2ccccc2)c1. The van der Waals surface area contributed by atoms with Gasteiger partial charge in [-0.25, -0.2) is 9.59 Å². The fraction of sp³-hybridized carbons (Fsp3) is 0. The highest BCUT2D eigenvalue weighted by atomic mass is 35.5. The van der Waals surface area contributed by atoms with Crippen molar-refractivity contribution in [3.05, 3.63) is 59.7 Å². The largest absolute Gasteiger partial charge is 0.478 e. The Bertz CT molecular complexity index is 580. The maximum Gasteiger partial charge on any atom is 0.335 e. The zero-order chi connectivity index (χ0) is 13.1. The molecule has 0 fully saturated rings. The second kappa shape index (κ2) is 7.53. The average molecular weight is 315 g/mol. The summed E-state index contributed by atoms with van der Waals surface area (Å²) in [6.07, 6.45) is 0. The van der Waals surface area contributed by atoms with E-state index in [0.717, 1.165) is 11.6 Å². The standard InChI is InChI=1S/C14H10O4.2ClH/c15-13(16)11-6-10(7-12(8-11)14(17)18)9-4-2-1-3-5-9;;/h1-8H,(H,15,16)(H,17,18);2*1H. The normalized spacial score (nSPS) is 9.00. The highest BCUT2D eigenvalue weighted by Gasteiger charge is 2.11. The first kappa shape index (κ1) is 18.0. The number of carbonyl (C=O) groups is 2. The van der Waals surface area contributed by atoms with E-state index < -0.39 is 11.9 Å². The van der Waals surface area contributed by atoms with Gasteiger partial charge in [-0.05, 0) is 29.3 Å². The maximum atomic E-state index is 11.0. The molecule has 0 radical (unpaired) electrons. The lowest BCUT2D eigenvalue weighted by atomic mass is 10.00. The highest BCUT2D eigenvalue weighted by Crippen LogP contribution is 2.22. The van der Waals surface area contributed by atoms with E-state index in [0.29, 0.717) is 5.56 Å². The summed E-state index contributed by atoms with van der Waals surface area (Å²) in [5, 5.41) is 17.9. The van der Waals surface area contributed by atoms with Gasteiger partial charge in [-0.15, -0.1) is 24.8 Å². The zero-order valence-corrected chi connectivity index (χ0v) is 11.8. The Labute approximate surface area is 127 Å². The van der Waals surface area contributed by atoms with Gasteiger partial charge in [0.05, 0.1) is 11.1 Å². The predicted molar refractivity (Wildman–Crippen MR) is 80.3 cm³/mol. The molecule has 106 valence electrons. The van der Waals surface area contributed by atoms with Crippen LogP contribution in [0.5, 0.6) is 0 Å². The molecule has 0 aromatic heterocycles. The van der Waals surface area contributed by atoms with Crippen LogP contribution in [0.3, 0.4) is 0 Å². The summed E-state index contributed by atoms with van der Waals surface area (Å²) in [4.78, 5) is 21.9. The Hall–Kier alpha value is -2.04. The van der Waals surface area contributed by atoms with Crippen LogP contribution in [0.15, 0.2) is 48.5 Å². The van der Waals surface area contributed by atoms with Crippen molar-refractivity contribution in [2.75, 3.05) is 0 Å². The van der Waals surface area contributed by atoms with Crippen molar-refractivity contribution < 1.29 is 19.8 Å². The fourth-order valence-electron chi connectivity index (χ4n) is 1.67. The lowest BCUT2D eigenvalue weighted by molar-refractivity contribution is 0.0696. The topological polar surface area (TPSA) is 74.6 Å². The van der Waals surface area contributed by atoms with Gasteiger partial charge in [0.15, 0.2) is 0 Å². The summed E-state index contributed by atoms with van der Waals surface area (Å²) < 4.78 is 0. The van der Waals surface area contributed by atoms with Crippen LogP contribution in [0.1, 0.15) is 20.7 Å². The minimum Gasteiger partial charge on any atom is -0.478 e. The Morgan fingerprint density at radius 1 is 0.700 bits per heavy atom. The monoisotopic (exact) mass is 314 g/mol. The molecular weight excluding hydrogens is 303 g/mol. The molecule has 0 saturated heterocycles. The van der Waals surface area contributed by atoms with Crippen LogP contribution in [0.4, 0.5) is 0 Å². The Balaban J connectivity index is 0.00000180. The number of hydrogen-bond donors (Lipinski definition) is 2. The summed E-state index contributed by atoms with van der Waals surface area (Å²) in [7, 11) is 0. The minimum absolute atomic E-state index is 0. The van der Waals surface area contributed by atoms with E-state index in [1.165, 1.54) is 12.1 Å². The number of hydrogen-bond acceptors (Lipinski definition) is 2. The lowest BCUT2D eigenvalue weighted by Crippen LogP contribution is -2.02. The van der Waals surface area contributed by atoms with E-state index in [4.69, 9.17) is 10.2 Å². The summed E-state index contributed by atoms with van der Waals surface area (Å²) in [5.74, 6) is -2.29. The molecule has 4 nitrogen and oxygen atoms in total. The molecular formula is C14H12Cl2O4. The molecule has 0 amide bonds. The molecule has 20 heavy (non-hydrogen) atoms. The minimum atomic E-state index is -1.14. The smallest absolute Gasteiger partial charge is 0.335 e.